The number of aromatic nitrogens is 2. The van der Waals surface area contributed by atoms with Crippen LogP contribution in [0.4, 0.5) is 5.82 Å². The van der Waals surface area contributed by atoms with Gasteiger partial charge in [-0.2, -0.15) is 0 Å². The van der Waals surface area contributed by atoms with Crippen molar-refractivity contribution in [3.05, 3.63) is 35.9 Å². The van der Waals surface area contributed by atoms with Crippen LogP contribution in [-0.2, 0) is 6.42 Å². The van der Waals surface area contributed by atoms with Crippen LogP contribution in [0.5, 0.6) is 5.75 Å². The number of rotatable bonds is 5. The standard InChI is InChI=1S/C21H28N4O/c26-19-14-16(6-7-18-5-1-2-10-22-18)13-17(15-19)20-8-9-21(24-23-20)25-11-3-4-12-25/h8-9,13-15,18,22,26H,1-7,10-12H2/t18-/m1/s1. The maximum atomic E-state index is 10.1. The average Bonchev–Trinajstić information content (AvgIpc) is 3.22. The van der Waals surface area contributed by atoms with E-state index >= 15 is 0 Å². The Balaban J connectivity index is 1.46. The van der Waals surface area contributed by atoms with Crippen molar-refractivity contribution in [2.45, 2.75) is 51.0 Å². The number of benzene rings is 1. The monoisotopic (exact) mass is 352 g/mol. The van der Waals surface area contributed by atoms with E-state index in [2.05, 4.69) is 26.5 Å². The lowest BCUT2D eigenvalue weighted by atomic mass is 9.96. The number of phenols is 1. The molecule has 2 saturated heterocycles. The number of nitrogens with one attached hydrogen (secondary N) is 1. The number of anilines is 1. The van der Waals surface area contributed by atoms with Gasteiger partial charge >= 0.3 is 0 Å². The van der Waals surface area contributed by atoms with E-state index in [0.717, 1.165) is 55.1 Å². The van der Waals surface area contributed by atoms with Crippen molar-refractivity contribution >= 4 is 5.82 Å². The molecule has 26 heavy (non-hydrogen) atoms. The van der Waals surface area contributed by atoms with Crippen molar-refractivity contribution < 1.29 is 5.11 Å². The van der Waals surface area contributed by atoms with E-state index in [0.29, 0.717) is 11.8 Å². The largest absolute Gasteiger partial charge is 0.508 e. The van der Waals surface area contributed by atoms with Gasteiger partial charge in [-0.05, 0) is 81.0 Å². The zero-order valence-corrected chi connectivity index (χ0v) is 15.3. The fraction of sp³-hybridized carbons (Fsp3) is 0.524. The van der Waals surface area contributed by atoms with E-state index in [1.807, 2.05) is 18.2 Å². The lowest BCUT2D eigenvalue weighted by Crippen LogP contribution is -2.34. The van der Waals surface area contributed by atoms with E-state index in [4.69, 9.17) is 0 Å². The zero-order chi connectivity index (χ0) is 17.8. The number of hydrogen-bond donors (Lipinski definition) is 2. The van der Waals surface area contributed by atoms with Crippen molar-refractivity contribution in [3.8, 4) is 17.0 Å². The third-order valence-electron chi connectivity index (χ3n) is 5.55. The van der Waals surface area contributed by atoms with Gasteiger partial charge in [-0.15, -0.1) is 10.2 Å². The first-order valence-corrected chi connectivity index (χ1v) is 9.93. The van der Waals surface area contributed by atoms with E-state index in [-0.39, 0.29) is 0 Å². The first-order chi connectivity index (χ1) is 12.8. The maximum Gasteiger partial charge on any atom is 0.151 e. The molecule has 3 heterocycles. The van der Waals surface area contributed by atoms with Crippen LogP contribution in [0.1, 0.15) is 44.1 Å². The van der Waals surface area contributed by atoms with Gasteiger partial charge in [0.25, 0.3) is 0 Å². The van der Waals surface area contributed by atoms with Crippen molar-refractivity contribution in [1.29, 1.82) is 0 Å². The molecule has 0 saturated carbocycles. The first kappa shape index (κ1) is 17.3. The zero-order valence-electron chi connectivity index (χ0n) is 15.3. The van der Waals surface area contributed by atoms with Crippen molar-refractivity contribution in [1.82, 2.24) is 15.5 Å². The molecule has 0 spiro atoms. The Bertz CT molecular complexity index is 719. The van der Waals surface area contributed by atoms with Crippen LogP contribution >= 0.6 is 0 Å². The summed E-state index contributed by atoms with van der Waals surface area (Å²) in [5.74, 6) is 1.26. The predicted octanol–water partition coefficient (Wildman–Crippen LogP) is 3.52. The summed E-state index contributed by atoms with van der Waals surface area (Å²) in [4.78, 5) is 2.28. The topological polar surface area (TPSA) is 61.3 Å². The SMILES string of the molecule is Oc1cc(CC[C@H]2CCCCN2)cc(-c2ccc(N3CCCC3)nn2)c1. The Morgan fingerprint density at radius 2 is 1.92 bits per heavy atom. The van der Waals surface area contributed by atoms with Crippen LogP contribution < -0.4 is 10.2 Å². The second kappa shape index (κ2) is 8.04. The summed E-state index contributed by atoms with van der Waals surface area (Å²) < 4.78 is 0. The minimum atomic E-state index is 0.305. The Hall–Kier alpha value is -2.14. The van der Waals surface area contributed by atoms with Crippen LogP contribution in [0.15, 0.2) is 30.3 Å². The fourth-order valence-electron chi connectivity index (χ4n) is 4.07. The summed E-state index contributed by atoms with van der Waals surface area (Å²) in [7, 11) is 0. The molecule has 5 nitrogen and oxygen atoms in total. The number of nitrogens with zero attached hydrogens (tertiary/aromatic N) is 3. The van der Waals surface area contributed by atoms with Gasteiger partial charge in [-0.25, -0.2) is 0 Å². The van der Waals surface area contributed by atoms with Crippen molar-refractivity contribution in [2.24, 2.45) is 0 Å². The molecule has 0 aliphatic carbocycles. The highest BCUT2D eigenvalue weighted by Gasteiger charge is 2.15. The molecule has 138 valence electrons. The van der Waals surface area contributed by atoms with Gasteiger partial charge in [0.15, 0.2) is 5.82 Å². The molecule has 2 aromatic rings. The molecule has 2 N–H and O–H groups in total. The van der Waals surface area contributed by atoms with E-state index in [1.54, 1.807) is 6.07 Å². The molecular weight excluding hydrogens is 324 g/mol. The number of hydrogen-bond acceptors (Lipinski definition) is 5. The summed E-state index contributed by atoms with van der Waals surface area (Å²) in [6.07, 6.45) is 8.42. The number of phenolic OH excluding ortho intramolecular Hbond substituents is 1. The fourth-order valence-corrected chi connectivity index (χ4v) is 4.07. The molecule has 2 aliphatic rings. The second-order valence-electron chi connectivity index (χ2n) is 7.54. The normalized spacial score (nSPS) is 20.5. The highest BCUT2D eigenvalue weighted by molar-refractivity contribution is 5.63. The maximum absolute atomic E-state index is 10.1. The smallest absolute Gasteiger partial charge is 0.151 e. The predicted molar refractivity (Wildman–Crippen MR) is 105 cm³/mol. The highest BCUT2D eigenvalue weighted by Crippen LogP contribution is 2.26. The van der Waals surface area contributed by atoms with Crippen LogP contribution in [0.3, 0.4) is 0 Å². The number of aryl methyl sites for hydroxylation is 1. The molecule has 0 unspecified atom stereocenters. The Morgan fingerprint density at radius 1 is 1.04 bits per heavy atom. The molecule has 1 aromatic carbocycles. The molecular formula is C21H28N4O. The molecule has 2 fully saturated rings. The third-order valence-corrected chi connectivity index (χ3v) is 5.55. The van der Waals surface area contributed by atoms with Gasteiger partial charge in [0, 0.05) is 24.7 Å². The molecule has 0 bridgehead atoms. The molecule has 1 aromatic heterocycles. The summed E-state index contributed by atoms with van der Waals surface area (Å²) in [6.45, 7) is 3.27. The van der Waals surface area contributed by atoms with Gasteiger partial charge in [-0.3, -0.25) is 0 Å². The quantitative estimate of drug-likeness (QED) is 0.862. The van der Waals surface area contributed by atoms with Crippen molar-refractivity contribution in [3.63, 3.8) is 0 Å². The van der Waals surface area contributed by atoms with Crippen molar-refractivity contribution in [2.75, 3.05) is 24.5 Å². The van der Waals surface area contributed by atoms with Gasteiger partial charge in [0.1, 0.15) is 5.75 Å². The van der Waals surface area contributed by atoms with E-state index in [9.17, 15) is 5.11 Å². The molecule has 4 rings (SSSR count). The van der Waals surface area contributed by atoms with Crippen LogP contribution in [0, 0.1) is 0 Å². The van der Waals surface area contributed by atoms with Crippen LogP contribution in [-0.4, -0.2) is 41.0 Å². The molecule has 5 heteroatoms. The molecule has 0 amide bonds. The second-order valence-corrected chi connectivity index (χ2v) is 7.54. The summed E-state index contributed by atoms with van der Waals surface area (Å²) in [5, 5.41) is 22.6. The summed E-state index contributed by atoms with van der Waals surface area (Å²) >= 11 is 0. The van der Waals surface area contributed by atoms with Gasteiger partial charge < -0.3 is 15.3 Å². The minimum absolute atomic E-state index is 0.305. The summed E-state index contributed by atoms with van der Waals surface area (Å²) in [6, 6.07) is 10.5. The molecule has 1 atom stereocenters. The lowest BCUT2D eigenvalue weighted by Gasteiger charge is -2.23. The van der Waals surface area contributed by atoms with Gasteiger partial charge in [0.2, 0.25) is 0 Å². The van der Waals surface area contributed by atoms with Gasteiger partial charge in [-0.1, -0.05) is 6.42 Å². The Labute approximate surface area is 155 Å². The van der Waals surface area contributed by atoms with Crippen LogP contribution in [0.2, 0.25) is 0 Å². The molecule has 0 radical (unpaired) electrons. The summed E-state index contributed by atoms with van der Waals surface area (Å²) in [5.41, 5.74) is 2.93. The number of piperidine rings is 1. The minimum Gasteiger partial charge on any atom is -0.508 e. The third kappa shape index (κ3) is 4.15. The first-order valence-electron chi connectivity index (χ1n) is 9.93. The average molecular weight is 352 g/mol. The lowest BCUT2D eigenvalue weighted by molar-refractivity contribution is 0.382. The Morgan fingerprint density at radius 3 is 2.65 bits per heavy atom. The van der Waals surface area contributed by atoms with Crippen LogP contribution in [0.25, 0.3) is 11.3 Å². The highest BCUT2D eigenvalue weighted by atomic mass is 16.3. The van der Waals surface area contributed by atoms with E-state index < -0.39 is 0 Å². The molecule has 2 aliphatic heterocycles. The van der Waals surface area contributed by atoms with Gasteiger partial charge in [0.05, 0.1) is 5.69 Å². The van der Waals surface area contributed by atoms with E-state index in [1.165, 1.54) is 32.1 Å². The number of aromatic hydroxyl groups is 1. The Kier molecular flexibility index (Phi) is 5.34.